The zero-order valence-corrected chi connectivity index (χ0v) is 37.7. The third kappa shape index (κ3) is 5.97. The van der Waals surface area contributed by atoms with Crippen molar-refractivity contribution >= 4 is 39.0 Å². The summed E-state index contributed by atoms with van der Waals surface area (Å²) in [6.07, 6.45) is 0. The van der Waals surface area contributed by atoms with Crippen LogP contribution in [-0.2, 0) is 5.41 Å². The molecule has 3 heterocycles. The van der Waals surface area contributed by atoms with Gasteiger partial charge in [-0.1, -0.05) is 200 Å². The number of benzene rings is 10. The molecule has 2 aromatic heterocycles. The van der Waals surface area contributed by atoms with Crippen molar-refractivity contribution in [2.75, 3.05) is 4.90 Å². The van der Waals surface area contributed by atoms with Crippen LogP contribution in [0.3, 0.4) is 0 Å². The molecule has 0 atom stereocenters. The molecule has 0 radical (unpaired) electrons. The fraction of sp³-hybridized carbons (Fsp3) is 0.0152. The zero-order chi connectivity index (χ0) is 45.5. The Morgan fingerprint density at radius 1 is 0.304 bits per heavy atom. The molecule has 14 rings (SSSR count). The molecule has 0 N–H and O–H groups in total. The fourth-order valence-corrected chi connectivity index (χ4v) is 11.6. The topological polar surface area (TPSA) is 21.1 Å². The third-order valence-electron chi connectivity index (χ3n) is 14.6. The molecular weight excluding hydrogens is 835 g/mol. The molecule has 322 valence electrons. The van der Waals surface area contributed by atoms with E-state index in [2.05, 4.69) is 270 Å². The lowest BCUT2D eigenvalue weighted by Crippen LogP contribution is -2.36. The van der Waals surface area contributed by atoms with Gasteiger partial charge in [0.05, 0.1) is 33.5 Å². The molecule has 1 aliphatic carbocycles. The first-order valence-corrected chi connectivity index (χ1v) is 23.8. The van der Waals surface area contributed by atoms with E-state index in [0.717, 1.165) is 45.3 Å². The maximum atomic E-state index is 5.50. The Bertz CT molecular complexity index is 3840. The van der Waals surface area contributed by atoms with Gasteiger partial charge in [0.2, 0.25) is 0 Å². The Morgan fingerprint density at radius 3 is 1.52 bits per heavy atom. The third-order valence-corrected chi connectivity index (χ3v) is 14.6. The minimum atomic E-state index is -0.569. The number of fused-ring (bicyclic) bond motifs is 12. The molecule has 0 unspecified atom stereocenters. The maximum absolute atomic E-state index is 5.50. The molecule has 0 amide bonds. The molecule has 0 bridgehead atoms. The second kappa shape index (κ2) is 15.5. The van der Waals surface area contributed by atoms with Gasteiger partial charge in [-0.15, -0.1) is 0 Å². The Kier molecular flexibility index (Phi) is 8.80. The van der Waals surface area contributed by atoms with Gasteiger partial charge in [0, 0.05) is 22.0 Å². The molecule has 0 saturated carbocycles. The van der Waals surface area contributed by atoms with Crippen LogP contribution in [0.2, 0.25) is 0 Å². The smallest absolute Gasteiger partial charge is 0.138 e. The van der Waals surface area contributed by atoms with Crippen LogP contribution in [0.15, 0.2) is 261 Å². The molecule has 0 saturated heterocycles. The first-order valence-electron chi connectivity index (χ1n) is 23.8. The van der Waals surface area contributed by atoms with Crippen molar-refractivity contribution < 1.29 is 0 Å². The number of hydrogen-bond donors (Lipinski definition) is 0. The zero-order valence-electron chi connectivity index (χ0n) is 37.7. The highest BCUT2D eigenvalue weighted by molar-refractivity contribution is 6.10. The second-order valence-electron chi connectivity index (χ2n) is 18.3. The van der Waals surface area contributed by atoms with Crippen LogP contribution in [0.5, 0.6) is 0 Å². The van der Waals surface area contributed by atoms with Crippen LogP contribution in [0, 0.1) is 0 Å². The summed E-state index contributed by atoms with van der Waals surface area (Å²) in [5, 5.41) is 2.48. The fourth-order valence-electron chi connectivity index (χ4n) is 11.6. The minimum Gasteiger partial charge on any atom is -0.309 e. The molecule has 1 spiro atoms. The molecule has 2 aliphatic rings. The van der Waals surface area contributed by atoms with E-state index in [0.29, 0.717) is 0 Å². The average Bonchev–Trinajstić information content (AvgIpc) is 3.92. The van der Waals surface area contributed by atoms with E-state index in [9.17, 15) is 0 Å². The van der Waals surface area contributed by atoms with E-state index < -0.39 is 5.41 Å². The van der Waals surface area contributed by atoms with E-state index >= 15 is 0 Å². The number of rotatable bonds is 6. The largest absolute Gasteiger partial charge is 0.309 e. The summed E-state index contributed by atoms with van der Waals surface area (Å²) in [6, 6.07) is 95.3. The molecule has 3 nitrogen and oxygen atoms in total. The van der Waals surface area contributed by atoms with Crippen molar-refractivity contribution in [3.8, 4) is 61.5 Å². The van der Waals surface area contributed by atoms with Crippen LogP contribution in [0.25, 0.3) is 83.3 Å². The monoisotopic (exact) mass is 877 g/mol. The summed E-state index contributed by atoms with van der Waals surface area (Å²) in [7, 11) is 0. The van der Waals surface area contributed by atoms with Crippen molar-refractivity contribution in [2.45, 2.75) is 5.41 Å². The van der Waals surface area contributed by atoms with E-state index in [-0.39, 0.29) is 0 Å². The molecule has 1 aliphatic heterocycles. The van der Waals surface area contributed by atoms with Crippen LogP contribution >= 0.6 is 0 Å². The number of pyridine rings is 1. The number of anilines is 3. The van der Waals surface area contributed by atoms with Gasteiger partial charge < -0.3 is 4.57 Å². The quantitative estimate of drug-likeness (QED) is 0.166. The van der Waals surface area contributed by atoms with Crippen molar-refractivity contribution in [3.05, 3.63) is 283 Å². The minimum absolute atomic E-state index is 0.569. The number of hydrogen-bond acceptors (Lipinski definition) is 2. The summed E-state index contributed by atoms with van der Waals surface area (Å²) in [4.78, 5) is 7.89. The normalized spacial score (nSPS) is 13.0. The lowest BCUT2D eigenvalue weighted by molar-refractivity contribution is 0.751. The SMILES string of the molecule is c1ccc(-c2ccc(-n3c4ccccc4c4cc(-c5ccc6c(c5)-c5ccccc5C65c6ccccc6N(c6cc(-c7ccccc7)cc(-c7ccccc7)n6)c6ccccc65)ccc43)cc2)cc1. The van der Waals surface area contributed by atoms with E-state index in [1.165, 1.54) is 77.4 Å². The number of aromatic nitrogens is 2. The Balaban J connectivity index is 0.928. The highest BCUT2D eigenvalue weighted by Crippen LogP contribution is 2.63. The van der Waals surface area contributed by atoms with Gasteiger partial charge >= 0.3 is 0 Å². The lowest BCUT2D eigenvalue weighted by atomic mass is 9.64. The maximum Gasteiger partial charge on any atom is 0.138 e. The van der Waals surface area contributed by atoms with E-state index in [4.69, 9.17) is 4.98 Å². The van der Waals surface area contributed by atoms with Gasteiger partial charge in [0.1, 0.15) is 5.82 Å². The van der Waals surface area contributed by atoms with Crippen LogP contribution in [-0.4, -0.2) is 9.55 Å². The van der Waals surface area contributed by atoms with Gasteiger partial charge in [-0.2, -0.15) is 0 Å². The summed E-state index contributed by atoms with van der Waals surface area (Å²) < 4.78 is 2.41. The molecule has 0 fully saturated rings. The first-order chi connectivity index (χ1) is 34.2. The lowest BCUT2D eigenvalue weighted by Gasteiger charge is -2.44. The number of nitrogens with zero attached hydrogens (tertiary/aromatic N) is 3. The predicted molar refractivity (Wildman–Crippen MR) is 286 cm³/mol. The van der Waals surface area contributed by atoms with Gasteiger partial charge in [-0.25, -0.2) is 4.98 Å². The van der Waals surface area contributed by atoms with Gasteiger partial charge in [-0.05, 0) is 127 Å². The average molecular weight is 878 g/mol. The van der Waals surface area contributed by atoms with Crippen LogP contribution in [0.4, 0.5) is 17.2 Å². The van der Waals surface area contributed by atoms with E-state index in [1.807, 2.05) is 0 Å². The summed E-state index contributed by atoms with van der Waals surface area (Å²) in [6.45, 7) is 0. The standard InChI is InChI=1S/C66H43N3/c1-4-18-44(19-5-1)46-32-36-51(37-33-46)68-61-29-15-11-25-53(61)55-41-49(35-39-62(55)68)48-34-38-57-54(40-48)52-24-10-12-26-56(52)66(57)58-27-13-16-30-63(58)69(64-31-17-14-28-59(64)66)65-43-50(45-20-6-2-7-21-45)42-60(67-65)47-22-8-3-9-23-47/h1-43H. The molecule has 69 heavy (non-hydrogen) atoms. The molecular formula is C66H43N3. The highest BCUT2D eigenvalue weighted by Gasteiger charge is 2.51. The van der Waals surface area contributed by atoms with Crippen molar-refractivity contribution in [2.24, 2.45) is 0 Å². The van der Waals surface area contributed by atoms with Gasteiger partial charge in [-0.3, -0.25) is 4.90 Å². The van der Waals surface area contributed by atoms with E-state index in [1.54, 1.807) is 0 Å². The van der Waals surface area contributed by atoms with Crippen molar-refractivity contribution in [1.29, 1.82) is 0 Å². The van der Waals surface area contributed by atoms with Gasteiger partial charge in [0.15, 0.2) is 0 Å². The Morgan fingerprint density at radius 2 is 0.812 bits per heavy atom. The Labute approximate surface area is 401 Å². The number of para-hydroxylation sites is 3. The first kappa shape index (κ1) is 39.1. The predicted octanol–water partition coefficient (Wildman–Crippen LogP) is 17.0. The Hall–Kier alpha value is -9.05. The summed E-state index contributed by atoms with van der Waals surface area (Å²) in [5.74, 6) is 0.882. The molecule has 3 heteroatoms. The molecule has 10 aromatic carbocycles. The second-order valence-corrected chi connectivity index (χ2v) is 18.3. The van der Waals surface area contributed by atoms with Gasteiger partial charge in [0.25, 0.3) is 0 Å². The highest BCUT2D eigenvalue weighted by atomic mass is 15.2. The van der Waals surface area contributed by atoms with Crippen molar-refractivity contribution in [3.63, 3.8) is 0 Å². The molecule has 12 aromatic rings. The van der Waals surface area contributed by atoms with Crippen LogP contribution < -0.4 is 4.90 Å². The van der Waals surface area contributed by atoms with Crippen LogP contribution in [0.1, 0.15) is 22.3 Å². The summed E-state index contributed by atoms with van der Waals surface area (Å²) >= 11 is 0. The summed E-state index contributed by atoms with van der Waals surface area (Å²) in [5.41, 5.74) is 21.9. The van der Waals surface area contributed by atoms with Crippen molar-refractivity contribution in [1.82, 2.24) is 9.55 Å².